The summed E-state index contributed by atoms with van der Waals surface area (Å²) < 4.78 is 10.8. The molecule has 3 rings (SSSR count). The standard InChI is InChI=1S/C13H15N3O3/c17-9-10-3-1-5-16(7-10)8-12-14-15-13(19-12)11-4-2-6-18-11/h2,4,6,9-10H,1,3,5,7-8H2. The Balaban J connectivity index is 1.65. The molecule has 2 aromatic rings. The number of furan rings is 1. The molecule has 0 N–H and O–H groups in total. The molecule has 6 nitrogen and oxygen atoms in total. The van der Waals surface area contributed by atoms with Crippen LogP contribution in [-0.4, -0.2) is 34.5 Å². The van der Waals surface area contributed by atoms with Crippen LogP contribution in [0.15, 0.2) is 27.2 Å². The number of aromatic nitrogens is 2. The lowest BCUT2D eigenvalue weighted by molar-refractivity contribution is -0.112. The lowest BCUT2D eigenvalue weighted by atomic mass is 10.00. The highest BCUT2D eigenvalue weighted by molar-refractivity contribution is 5.53. The van der Waals surface area contributed by atoms with Crippen molar-refractivity contribution in [2.75, 3.05) is 13.1 Å². The summed E-state index contributed by atoms with van der Waals surface area (Å²) >= 11 is 0. The molecule has 0 amide bonds. The van der Waals surface area contributed by atoms with Gasteiger partial charge in [-0.25, -0.2) is 0 Å². The first-order valence-electron chi connectivity index (χ1n) is 6.39. The Morgan fingerprint density at radius 3 is 3.21 bits per heavy atom. The van der Waals surface area contributed by atoms with Crippen molar-refractivity contribution in [3.63, 3.8) is 0 Å². The van der Waals surface area contributed by atoms with Crippen molar-refractivity contribution in [3.8, 4) is 11.7 Å². The maximum absolute atomic E-state index is 10.8. The lowest BCUT2D eigenvalue weighted by Gasteiger charge is -2.28. The molecule has 2 aromatic heterocycles. The minimum absolute atomic E-state index is 0.126. The van der Waals surface area contributed by atoms with Gasteiger partial charge >= 0.3 is 0 Å². The molecular weight excluding hydrogens is 246 g/mol. The molecule has 0 spiro atoms. The van der Waals surface area contributed by atoms with Crippen molar-refractivity contribution >= 4 is 6.29 Å². The van der Waals surface area contributed by atoms with Crippen LogP contribution in [0.25, 0.3) is 11.7 Å². The highest BCUT2D eigenvalue weighted by Crippen LogP contribution is 2.20. The molecule has 0 bridgehead atoms. The van der Waals surface area contributed by atoms with E-state index in [0.717, 1.165) is 32.2 Å². The number of hydrogen-bond acceptors (Lipinski definition) is 6. The van der Waals surface area contributed by atoms with Crippen LogP contribution in [0, 0.1) is 5.92 Å². The molecule has 19 heavy (non-hydrogen) atoms. The van der Waals surface area contributed by atoms with E-state index in [2.05, 4.69) is 15.1 Å². The third-order valence-electron chi connectivity index (χ3n) is 3.29. The molecule has 1 saturated heterocycles. The highest BCUT2D eigenvalue weighted by atomic mass is 16.4. The third-order valence-corrected chi connectivity index (χ3v) is 3.29. The number of piperidine rings is 1. The summed E-state index contributed by atoms with van der Waals surface area (Å²) in [4.78, 5) is 13.0. The van der Waals surface area contributed by atoms with Crippen LogP contribution in [0.5, 0.6) is 0 Å². The molecule has 0 aromatic carbocycles. The first-order chi connectivity index (χ1) is 9.35. The van der Waals surface area contributed by atoms with E-state index < -0.39 is 0 Å². The predicted molar refractivity (Wildman–Crippen MR) is 66.1 cm³/mol. The van der Waals surface area contributed by atoms with Crippen LogP contribution < -0.4 is 0 Å². The quantitative estimate of drug-likeness (QED) is 0.780. The Morgan fingerprint density at radius 1 is 1.47 bits per heavy atom. The highest BCUT2D eigenvalue weighted by Gasteiger charge is 2.21. The van der Waals surface area contributed by atoms with Crippen LogP contribution in [0.2, 0.25) is 0 Å². The van der Waals surface area contributed by atoms with E-state index in [1.54, 1.807) is 18.4 Å². The molecule has 6 heteroatoms. The number of hydrogen-bond donors (Lipinski definition) is 0. The molecule has 0 aliphatic carbocycles. The monoisotopic (exact) mass is 261 g/mol. The minimum Gasteiger partial charge on any atom is -0.459 e. The summed E-state index contributed by atoms with van der Waals surface area (Å²) in [6.07, 6.45) is 4.61. The van der Waals surface area contributed by atoms with Gasteiger partial charge in [0.05, 0.1) is 12.8 Å². The van der Waals surface area contributed by atoms with E-state index in [-0.39, 0.29) is 5.92 Å². The number of carbonyl (C=O) groups excluding carboxylic acids is 1. The third kappa shape index (κ3) is 2.73. The van der Waals surface area contributed by atoms with E-state index in [0.29, 0.717) is 24.1 Å². The van der Waals surface area contributed by atoms with E-state index in [1.807, 2.05) is 0 Å². The molecule has 1 atom stereocenters. The number of nitrogens with zero attached hydrogens (tertiary/aromatic N) is 3. The molecule has 0 saturated carbocycles. The summed E-state index contributed by atoms with van der Waals surface area (Å²) in [7, 11) is 0. The van der Waals surface area contributed by atoms with Gasteiger partial charge in [-0.3, -0.25) is 4.90 Å². The van der Waals surface area contributed by atoms with Gasteiger partial charge in [0.2, 0.25) is 5.89 Å². The lowest BCUT2D eigenvalue weighted by Crippen LogP contribution is -2.35. The Kier molecular flexibility index (Phi) is 3.41. The van der Waals surface area contributed by atoms with Crippen LogP contribution in [0.1, 0.15) is 18.7 Å². The van der Waals surface area contributed by atoms with Crippen molar-refractivity contribution < 1.29 is 13.6 Å². The van der Waals surface area contributed by atoms with Gasteiger partial charge in [-0.1, -0.05) is 0 Å². The molecule has 1 aliphatic heterocycles. The van der Waals surface area contributed by atoms with Gasteiger partial charge in [-0.15, -0.1) is 10.2 Å². The Labute approximate surface area is 110 Å². The molecule has 1 aliphatic rings. The fourth-order valence-electron chi connectivity index (χ4n) is 2.35. The second-order valence-corrected chi connectivity index (χ2v) is 4.75. The number of likely N-dealkylation sites (tertiary alicyclic amines) is 1. The van der Waals surface area contributed by atoms with Crippen LogP contribution in [0.3, 0.4) is 0 Å². The van der Waals surface area contributed by atoms with Gasteiger partial charge < -0.3 is 13.6 Å². The number of carbonyl (C=O) groups is 1. The molecule has 100 valence electrons. The predicted octanol–water partition coefficient (Wildman–Crippen LogP) is 1.74. The Morgan fingerprint density at radius 2 is 2.42 bits per heavy atom. The topological polar surface area (TPSA) is 72.4 Å². The smallest absolute Gasteiger partial charge is 0.283 e. The normalized spacial score (nSPS) is 20.5. The van der Waals surface area contributed by atoms with Gasteiger partial charge in [-0.05, 0) is 31.5 Å². The van der Waals surface area contributed by atoms with Gasteiger partial charge in [0.15, 0.2) is 5.76 Å². The Bertz CT molecular complexity index is 535. The summed E-state index contributed by atoms with van der Waals surface area (Å²) in [5.41, 5.74) is 0. The van der Waals surface area contributed by atoms with Gasteiger partial charge in [0.1, 0.15) is 6.29 Å². The first kappa shape index (κ1) is 12.1. The largest absolute Gasteiger partial charge is 0.459 e. The van der Waals surface area contributed by atoms with Gasteiger partial charge in [-0.2, -0.15) is 0 Å². The van der Waals surface area contributed by atoms with E-state index in [9.17, 15) is 4.79 Å². The molecule has 1 fully saturated rings. The second kappa shape index (κ2) is 5.36. The summed E-state index contributed by atoms with van der Waals surface area (Å²) in [5.74, 6) is 1.64. The zero-order valence-electron chi connectivity index (χ0n) is 10.5. The zero-order valence-corrected chi connectivity index (χ0v) is 10.5. The molecule has 1 unspecified atom stereocenters. The van der Waals surface area contributed by atoms with Crippen molar-refractivity contribution in [1.82, 2.24) is 15.1 Å². The fourth-order valence-corrected chi connectivity index (χ4v) is 2.35. The maximum atomic E-state index is 10.8. The average Bonchev–Trinajstić information content (AvgIpc) is 3.09. The molecular formula is C13H15N3O3. The molecule has 3 heterocycles. The summed E-state index contributed by atoms with van der Waals surface area (Å²) in [5, 5.41) is 7.97. The first-order valence-corrected chi connectivity index (χ1v) is 6.39. The second-order valence-electron chi connectivity index (χ2n) is 4.75. The van der Waals surface area contributed by atoms with E-state index >= 15 is 0 Å². The van der Waals surface area contributed by atoms with Crippen molar-refractivity contribution in [2.24, 2.45) is 5.92 Å². The van der Waals surface area contributed by atoms with E-state index in [4.69, 9.17) is 8.83 Å². The van der Waals surface area contributed by atoms with Crippen molar-refractivity contribution in [1.29, 1.82) is 0 Å². The zero-order chi connectivity index (χ0) is 13.1. The van der Waals surface area contributed by atoms with Crippen molar-refractivity contribution in [3.05, 3.63) is 24.3 Å². The fraction of sp³-hybridized carbons (Fsp3) is 0.462. The molecule has 0 radical (unpaired) electrons. The van der Waals surface area contributed by atoms with E-state index in [1.165, 1.54) is 0 Å². The Hall–Kier alpha value is -1.95. The summed E-state index contributed by atoms with van der Waals surface area (Å²) in [6, 6.07) is 3.55. The maximum Gasteiger partial charge on any atom is 0.283 e. The summed E-state index contributed by atoms with van der Waals surface area (Å²) in [6.45, 7) is 2.31. The minimum atomic E-state index is 0.126. The SMILES string of the molecule is O=CC1CCCN(Cc2nnc(-c3ccco3)o2)C1. The van der Waals surface area contributed by atoms with Crippen LogP contribution in [-0.2, 0) is 11.3 Å². The van der Waals surface area contributed by atoms with Gasteiger partial charge in [0.25, 0.3) is 5.89 Å². The van der Waals surface area contributed by atoms with Crippen molar-refractivity contribution in [2.45, 2.75) is 19.4 Å². The number of aldehydes is 1. The van der Waals surface area contributed by atoms with Gasteiger partial charge in [0, 0.05) is 12.5 Å². The average molecular weight is 261 g/mol. The van der Waals surface area contributed by atoms with Crippen LogP contribution >= 0.6 is 0 Å². The van der Waals surface area contributed by atoms with Crippen LogP contribution in [0.4, 0.5) is 0 Å². The number of rotatable bonds is 4.